The van der Waals surface area contributed by atoms with E-state index in [0.717, 1.165) is 44.2 Å². The number of benzene rings is 1. The maximum atomic E-state index is 12.3. The van der Waals surface area contributed by atoms with E-state index in [9.17, 15) is 9.90 Å². The Bertz CT molecular complexity index is 410. The highest BCUT2D eigenvalue weighted by Crippen LogP contribution is 2.24. The van der Waals surface area contributed by atoms with Crippen LogP contribution in [0.15, 0.2) is 30.3 Å². The van der Waals surface area contributed by atoms with Gasteiger partial charge in [-0.1, -0.05) is 37.3 Å². The molecular weight excluding hydrogens is 250 g/mol. The zero-order chi connectivity index (χ0) is 14.4. The fraction of sp³-hybridized carbons (Fsp3) is 0.588. The fourth-order valence-electron chi connectivity index (χ4n) is 2.97. The van der Waals surface area contributed by atoms with Gasteiger partial charge >= 0.3 is 0 Å². The summed E-state index contributed by atoms with van der Waals surface area (Å²) in [6, 6.07) is 9.97. The van der Waals surface area contributed by atoms with Crippen LogP contribution in [-0.2, 0) is 4.79 Å². The minimum Gasteiger partial charge on any atom is -0.393 e. The third kappa shape index (κ3) is 4.07. The summed E-state index contributed by atoms with van der Waals surface area (Å²) in [4.78, 5) is 12.3. The van der Waals surface area contributed by atoms with Gasteiger partial charge in [-0.25, -0.2) is 0 Å². The number of hydrogen-bond donors (Lipinski definition) is 2. The molecule has 1 atom stereocenters. The molecule has 0 aliphatic heterocycles. The SMILES string of the molecule is CCC(C(=O)NCC1CCC(O)CC1)c1ccccc1. The monoisotopic (exact) mass is 275 g/mol. The van der Waals surface area contributed by atoms with Crippen LogP contribution in [0, 0.1) is 5.92 Å². The number of amides is 1. The predicted octanol–water partition coefficient (Wildman–Crippen LogP) is 2.85. The zero-order valence-corrected chi connectivity index (χ0v) is 12.2. The van der Waals surface area contributed by atoms with Gasteiger partial charge in [0, 0.05) is 6.54 Å². The van der Waals surface area contributed by atoms with Crippen molar-refractivity contribution in [2.45, 2.75) is 51.0 Å². The lowest BCUT2D eigenvalue weighted by Gasteiger charge is -2.26. The molecule has 0 aromatic heterocycles. The van der Waals surface area contributed by atoms with Gasteiger partial charge in [0.2, 0.25) is 5.91 Å². The van der Waals surface area contributed by atoms with E-state index in [4.69, 9.17) is 0 Å². The van der Waals surface area contributed by atoms with Crippen molar-refractivity contribution in [2.75, 3.05) is 6.54 Å². The fourth-order valence-corrected chi connectivity index (χ4v) is 2.97. The van der Waals surface area contributed by atoms with Gasteiger partial charge in [-0.2, -0.15) is 0 Å². The number of hydrogen-bond acceptors (Lipinski definition) is 2. The van der Waals surface area contributed by atoms with Crippen LogP contribution >= 0.6 is 0 Å². The number of aliphatic hydroxyl groups is 1. The van der Waals surface area contributed by atoms with Gasteiger partial charge < -0.3 is 10.4 Å². The molecule has 2 rings (SSSR count). The average molecular weight is 275 g/mol. The van der Waals surface area contributed by atoms with Gasteiger partial charge in [0.25, 0.3) is 0 Å². The van der Waals surface area contributed by atoms with E-state index in [1.54, 1.807) is 0 Å². The molecule has 3 heteroatoms. The zero-order valence-electron chi connectivity index (χ0n) is 12.2. The first-order valence-electron chi connectivity index (χ1n) is 7.71. The molecule has 20 heavy (non-hydrogen) atoms. The van der Waals surface area contributed by atoms with E-state index in [1.807, 2.05) is 37.3 Å². The molecule has 110 valence electrons. The first-order chi connectivity index (χ1) is 9.70. The topological polar surface area (TPSA) is 49.3 Å². The number of aliphatic hydroxyl groups excluding tert-OH is 1. The molecule has 1 fully saturated rings. The normalized spacial score (nSPS) is 24.1. The van der Waals surface area contributed by atoms with Crippen LogP contribution in [0.5, 0.6) is 0 Å². The molecule has 1 saturated carbocycles. The summed E-state index contributed by atoms with van der Waals surface area (Å²) in [6.07, 6.45) is 4.47. The van der Waals surface area contributed by atoms with E-state index in [2.05, 4.69) is 5.32 Å². The van der Waals surface area contributed by atoms with Gasteiger partial charge in [-0.3, -0.25) is 4.79 Å². The Morgan fingerprint density at radius 2 is 1.90 bits per heavy atom. The van der Waals surface area contributed by atoms with Crippen molar-refractivity contribution in [2.24, 2.45) is 5.92 Å². The van der Waals surface area contributed by atoms with E-state index < -0.39 is 0 Å². The Hall–Kier alpha value is -1.35. The van der Waals surface area contributed by atoms with E-state index in [1.165, 1.54) is 0 Å². The van der Waals surface area contributed by atoms with Crippen molar-refractivity contribution in [3.8, 4) is 0 Å². The van der Waals surface area contributed by atoms with Crippen LogP contribution in [0.3, 0.4) is 0 Å². The average Bonchev–Trinajstić information content (AvgIpc) is 2.48. The van der Waals surface area contributed by atoms with Crippen molar-refractivity contribution >= 4 is 5.91 Å². The summed E-state index contributed by atoms with van der Waals surface area (Å²) >= 11 is 0. The maximum absolute atomic E-state index is 12.3. The second-order valence-corrected chi connectivity index (χ2v) is 5.79. The predicted molar refractivity (Wildman–Crippen MR) is 80.4 cm³/mol. The van der Waals surface area contributed by atoms with Crippen molar-refractivity contribution in [3.63, 3.8) is 0 Å². The highest BCUT2D eigenvalue weighted by atomic mass is 16.3. The van der Waals surface area contributed by atoms with Gasteiger partial charge in [0.15, 0.2) is 0 Å². The lowest BCUT2D eigenvalue weighted by molar-refractivity contribution is -0.122. The molecule has 0 bridgehead atoms. The van der Waals surface area contributed by atoms with Crippen LogP contribution in [-0.4, -0.2) is 23.7 Å². The Balaban J connectivity index is 1.84. The maximum Gasteiger partial charge on any atom is 0.227 e. The molecule has 2 N–H and O–H groups in total. The van der Waals surface area contributed by atoms with Crippen molar-refractivity contribution in [1.82, 2.24) is 5.32 Å². The summed E-state index contributed by atoms with van der Waals surface area (Å²) < 4.78 is 0. The lowest BCUT2D eigenvalue weighted by Crippen LogP contribution is -2.35. The molecule has 1 aliphatic carbocycles. The standard InChI is InChI=1S/C17H25NO2/c1-2-16(14-6-4-3-5-7-14)17(20)18-12-13-8-10-15(19)11-9-13/h3-7,13,15-16,19H,2,8-12H2,1H3,(H,18,20). The first-order valence-corrected chi connectivity index (χ1v) is 7.71. The van der Waals surface area contributed by atoms with Crippen molar-refractivity contribution in [1.29, 1.82) is 0 Å². The lowest BCUT2D eigenvalue weighted by atomic mass is 9.87. The molecule has 1 amide bonds. The highest BCUT2D eigenvalue weighted by molar-refractivity contribution is 5.83. The van der Waals surface area contributed by atoms with Gasteiger partial charge in [0.1, 0.15) is 0 Å². The summed E-state index contributed by atoms with van der Waals surface area (Å²) in [7, 11) is 0. The third-order valence-electron chi connectivity index (χ3n) is 4.31. The van der Waals surface area contributed by atoms with Crippen LogP contribution in [0.1, 0.15) is 50.5 Å². The Morgan fingerprint density at radius 1 is 1.25 bits per heavy atom. The molecule has 0 radical (unpaired) electrons. The Kier molecular flexibility index (Phi) is 5.60. The van der Waals surface area contributed by atoms with Crippen LogP contribution in [0.2, 0.25) is 0 Å². The number of rotatable bonds is 5. The third-order valence-corrected chi connectivity index (χ3v) is 4.31. The minimum atomic E-state index is -0.130. The molecule has 1 aromatic carbocycles. The summed E-state index contributed by atoms with van der Waals surface area (Å²) in [6.45, 7) is 2.79. The molecule has 0 heterocycles. The molecular formula is C17H25NO2. The smallest absolute Gasteiger partial charge is 0.227 e. The Morgan fingerprint density at radius 3 is 2.50 bits per heavy atom. The van der Waals surface area contributed by atoms with Crippen LogP contribution in [0.25, 0.3) is 0 Å². The number of nitrogens with one attached hydrogen (secondary N) is 1. The summed E-state index contributed by atoms with van der Waals surface area (Å²) in [5, 5.41) is 12.6. The molecule has 1 aliphatic rings. The van der Waals surface area contributed by atoms with E-state index in [-0.39, 0.29) is 17.9 Å². The molecule has 1 aromatic rings. The largest absolute Gasteiger partial charge is 0.393 e. The van der Waals surface area contributed by atoms with E-state index >= 15 is 0 Å². The van der Waals surface area contributed by atoms with Crippen LogP contribution in [0.4, 0.5) is 0 Å². The van der Waals surface area contributed by atoms with Gasteiger partial charge in [-0.15, -0.1) is 0 Å². The summed E-state index contributed by atoms with van der Waals surface area (Å²) in [5.41, 5.74) is 1.09. The molecule has 3 nitrogen and oxygen atoms in total. The number of carbonyl (C=O) groups is 1. The summed E-state index contributed by atoms with van der Waals surface area (Å²) in [5.74, 6) is 0.603. The molecule has 1 unspecified atom stereocenters. The highest BCUT2D eigenvalue weighted by Gasteiger charge is 2.22. The van der Waals surface area contributed by atoms with Crippen molar-refractivity contribution in [3.05, 3.63) is 35.9 Å². The van der Waals surface area contributed by atoms with Crippen LogP contribution < -0.4 is 5.32 Å². The molecule has 0 spiro atoms. The van der Waals surface area contributed by atoms with Gasteiger partial charge in [0.05, 0.1) is 12.0 Å². The second-order valence-electron chi connectivity index (χ2n) is 5.79. The first kappa shape index (κ1) is 15.0. The Labute approximate surface area is 121 Å². The van der Waals surface area contributed by atoms with Crippen molar-refractivity contribution < 1.29 is 9.90 Å². The second kappa shape index (κ2) is 7.44. The molecule has 0 saturated heterocycles. The van der Waals surface area contributed by atoms with E-state index in [0.29, 0.717) is 5.92 Å². The quantitative estimate of drug-likeness (QED) is 0.868. The number of carbonyl (C=O) groups excluding carboxylic acids is 1. The van der Waals surface area contributed by atoms with Gasteiger partial charge in [-0.05, 0) is 43.6 Å². The minimum absolute atomic E-state index is 0.0506.